The number of sulfone groups is 1. The third kappa shape index (κ3) is 7.98. The number of guanidine groups is 1. The maximum Gasteiger partial charge on any atom is 0.191 e. The highest BCUT2D eigenvalue weighted by Crippen LogP contribution is 2.10. The number of benzene rings is 1. The van der Waals surface area contributed by atoms with E-state index in [-0.39, 0.29) is 24.0 Å². The number of aliphatic imine (C=N–C) groups is 1. The highest BCUT2D eigenvalue weighted by Gasteiger charge is 2.05. The van der Waals surface area contributed by atoms with Gasteiger partial charge in [-0.1, -0.05) is 25.5 Å². The van der Waals surface area contributed by atoms with Crippen molar-refractivity contribution < 1.29 is 8.42 Å². The molecule has 0 fully saturated rings. The van der Waals surface area contributed by atoms with Crippen LogP contribution < -0.4 is 10.6 Å². The van der Waals surface area contributed by atoms with Crippen LogP contribution in [0, 0.1) is 0 Å². The first-order chi connectivity index (χ1) is 9.97. The van der Waals surface area contributed by atoms with E-state index in [2.05, 4.69) is 22.5 Å². The van der Waals surface area contributed by atoms with E-state index in [4.69, 9.17) is 0 Å². The van der Waals surface area contributed by atoms with Gasteiger partial charge >= 0.3 is 0 Å². The fourth-order valence-corrected chi connectivity index (χ4v) is 2.37. The highest BCUT2D eigenvalue weighted by molar-refractivity contribution is 14.0. The summed E-state index contributed by atoms with van der Waals surface area (Å²) in [4.78, 5) is 4.83. The van der Waals surface area contributed by atoms with Crippen LogP contribution in [-0.4, -0.2) is 33.7 Å². The van der Waals surface area contributed by atoms with Crippen LogP contribution in [0.5, 0.6) is 0 Å². The molecule has 0 aliphatic rings. The van der Waals surface area contributed by atoms with Gasteiger partial charge in [0.25, 0.3) is 0 Å². The van der Waals surface area contributed by atoms with Crippen molar-refractivity contribution in [1.29, 1.82) is 0 Å². The van der Waals surface area contributed by atoms with E-state index in [1.165, 1.54) is 6.26 Å². The SMILES string of the molecule is CCCCNC(=NCc1ccc(S(C)(=O)=O)cc1)NCC.I. The zero-order valence-corrected chi connectivity index (χ0v) is 16.6. The molecule has 0 saturated carbocycles. The molecule has 0 saturated heterocycles. The first-order valence-corrected chi connectivity index (χ1v) is 9.17. The van der Waals surface area contributed by atoms with Crippen molar-refractivity contribution in [3.05, 3.63) is 29.8 Å². The fraction of sp³-hybridized carbons (Fsp3) is 0.533. The molecule has 1 aromatic carbocycles. The average Bonchev–Trinajstić information content (AvgIpc) is 2.44. The second kappa shape index (κ2) is 10.8. The van der Waals surface area contributed by atoms with E-state index in [1.54, 1.807) is 24.3 Å². The van der Waals surface area contributed by atoms with E-state index in [0.29, 0.717) is 11.4 Å². The molecule has 126 valence electrons. The summed E-state index contributed by atoms with van der Waals surface area (Å²) in [5.74, 6) is 0.790. The lowest BCUT2D eigenvalue weighted by molar-refractivity contribution is 0.602. The molecule has 22 heavy (non-hydrogen) atoms. The average molecular weight is 439 g/mol. The van der Waals surface area contributed by atoms with E-state index in [1.807, 2.05) is 6.92 Å². The molecule has 0 aliphatic heterocycles. The van der Waals surface area contributed by atoms with Crippen LogP contribution in [0.4, 0.5) is 0 Å². The minimum Gasteiger partial charge on any atom is -0.357 e. The molecule has 1 aromatic rings. The molecule has 1 rings (SSSR count). The van der Waals surface area contributed by atoms with Gasteiger partial charge in [-0.05, 0) is 31.0 Å². The standard InChI is InChI=1S/C15H25N3O2S.HI/c1-4-6-11-17-15(16-5-2)18-12-13-7-9-14(10-8-13)21(3,19)20;/h7-10H,4-6,11-12H2,1-3H3,(H2,16,17,18);1H. The topological polar surface area (TPSA) is 70.6 Å². The third-order valence-corrected chi connectivity index (χ3v) is 4.07. The van der Waals surface area contributed by atoms with Crippen LogP contribution in [0.3, 0.4) is 0 Å². The van der Waals surface area contributed by atoms with Crippen molar-refractivity contribution >= 4 is 39.8 Å². The molecule has 0 radical (unpaired) electrons. The summed E-state index contributed by atoms with van der Waals surface area (Å²) < 4.78 is 22.8. The van der Waals surface area contributed by atoms with E-state index in [0.717, 1.165) is 37.5 Å². The van der Waals surface area contributed by atoms with Gasteiger partial charge in [0.15, 0.2) is 15.8 Å². The number of nitrogens with zero attached hydrogens (tertiary/aromatic N) is 1. The van der Waals surface area contributed by atoms with E-state index in [9.17, 15) is 8.42 Å². The molecule has 0 heterocycles. The Morgan fingerprint density at radius 3 is 2.27 bits per heavy atom. The molecule has 0 aromatic heterocycles. The van der Waals surface area contributed by atoms with Gasteiger partial charge in [0, 0.05) is 19.3 Å². The molecule has 0 bridgehead atoms. The van der Waals surface area contributed by atoms with Crippen molar-refractivity contribution in [3.63, 3.8) is 0 Å². The zero-order valence-electron chi connectivity index (χ0n) is 13.4. The zero-order chi connectivity index (χ0) is 15.7. The summed E-state index contributed by atoms with van der Waals surface area (Å²) in [6, 6.07) is 6.85. The predicted molar refractivity (Wildman–Crippen MR) is 103 cm³/mol. The van der Waals surface area contributed by atoms with Gasteiger partial charge in [0.2, 0.25) is 0 Å². The van der Waals surface area contributed by atoms with Crippen LogP contribution in [0.25, 0.3) is 0 Å². The van der Waals surface area contributed by atoms with E-state index < -0.39 is 9.84 Å². The van der Waals surface area contributed by atoms with Crippen LogP contribution in [0.15, 0.2) is 34.2 Å². The van der Waals surface area contributed by atoms with Crippen molar-refractivity contribution in [2.24, 2.45) is 4.99 Å². The summed E-state index contributed by atoms with van der Waals surface area (Å²) >= 11 is 0. The molecule has 0 spiro atoms. The molecule has 0 aliphatic carbocycles. The maximum absolute atomic E-state index is 11.4. The number of unbranched alkanes of at least 4 members (excludes halogenated alkanes) is 1. The van der Waals surface area contributed by atoms with Gasteiger partial charge in [-0.15, -0.1) is 24.0 Å². The Hall–Kier alpha value is -0.830. The minimum atomic E-state index is -3.13. The molecule has 7 heteroatoms. The lowest BCUT2D eigenvalue weighted by atomic mass is 10.2. The summed E-state index contributed by atoms with van der Waals surface area (Å²) in [7, 11) is -3.13. The number of hydrogen-bond acceptors (Lipinski definition) is 3. The van der Waals surface area contributed by atoms with Crippen LogP contribution in [0.2, 0.25) is 0 Å². The Labute approximate surface area is 150 Å². The summed E-state index contributed by atoms with van der Waals surface area (Å²) in [5, 5.41) is 6.46. The van der Waals surface area contributed by atoms with Crippen molar-refractivity contribution in [1.82, 2.24) is 10.6 Å². The van der Waals surface area contributed by atoms with Crippen LogP contribution >= 0.6 is 24.0 Å². The maximum atomic E-state index is 11.4. The summed E-state index contributed by atoms with van der Waals surface area (Å²) in [6.07, 6.45) is 3.45. The molecule has 2 N–H and O–H groups in total. The third-order valence-electron chi connectivity index (χ3n) is 2.94. The second-order valence-corrected chi connectivity index (χ2v) is 6.91. The molecule has 0 atom stereocenters. The molecule has 0 unspecified atom stereocenters. The monoisotopic (exact) mass is 439 g/mol. The Bertz CT molecular complexity index is 557. The van der Waals surface area contributed by atoms with Gasteiger partial charge in [0.1, 0.15) is 0 Å². The Morgan fingerprint density at radius 1 is 1.14 bits per heavy atom. The molecular weight excluding hydrogens is 413 g/mol. The van der Waals surface area contributed by atoms with Crippen molar-refractivity contribution in [2.45, 2.75) is 38.1 Å². The van der Waals surface area contributed by atoms with Gasteiger partial charge in [-0.2, -0.15) is 0 Å². The molecule has 0 amide bonds. The first-order valence-electron chi connectivity index (χ1n) is 7.28. The highest BCUT2D eigenvalue weighted by atomic mass is 127. The van der Waals surface area contributed by atoms with E-state index >= 15 is 0 Å². The van der Waals surface area contributed by atoms with Gasteiger partial charge in [-0.25, -0.2) is 13.4 Å². The van der Waals surface area contributed by atoms with Crippen molar-refractivity contribution in [3.8, 4) is 0 Å². The normalized spacial score (nSPS) is 11.7. The summed E-state index contributed by atoms with van der Waals surface area (Å²) in [5.41, 5.74) is 0.982. The van der Waals surface area contributed by atoms with Crippen LogP contribution in [0.1, 0.15) is 32.3 Å². The number of hydrogen-bond donors (Lipinski definition) is 2. The Balaban J connectivity index is 0.00000441. The minimum absolute atomic E-state index is 0. The quantitative estimate of drug-likeness (QED) is 0.297. The number of nitrogens with one attached hydrogen (secondary N) is 2. The number of rotatable bonds is 7. The first kappa shape index (κ1) is 21.2. The van der Waals surface area contributed by atoms with Gasteiger partial charge < -0.3 is 10.6 Å². The second-order valence-electron chi connectivity index (χ2n) is 4.89. The smallest absolute Gasteiger partial charge is 0.191 e. The molecule has 5 nitrogen and oxygen atoms in total. The lowest BCUT2D eigenvalue weighted by Gasteiger charge is -2.10. The fourth-order valence-electron chi connectivity index (χ4n) is 1.74. The molecular formula is C15H26IN3O2S. The lowest BCUT2D eigenvalue weighted by Crippen LogP contribution is -2.37. The summed E-state index contributed by atoms with van der Waals surface area (Å²) in [6.45, 7) is 6.40. The Kier molecular flexibility index (Phi) is 10.4. The van der Waals surface area contributed by atoms with Crippen LogP contribution in [-0.2, 0) is 16.4 Å². The van der Waals surface area contributed by atoms with Gasteiger partial charge in [0.05, 0.1) is 11.4 Å². The van der Waals surface area contributed by atoms with Gasteiger partial charge in [-0.3, -0.25) is 0 Å². The largest absolute Gasteiger partial charge is 0.357 e. The van der Waals surface area contributed by atoms with Crippen molar-refractivity contribution in [2.75, 3.05) is 19.3 Å². The predicted octanol–water partition coefficient (Wildman–Crippen LogP) is 2.56. The number of halogens is 1. The Morgan fingerprint density at radius 2 is 1.77 bits per heavy atom.